The fraction of sp³-hybridized carbons (Fsp3) is 0.318. The first-order chi connectivity index (χ1) is 13.8. The average molecular weight is 433 g/mol. The highest BCUT2D eigenvalue weighted by Gasteiger charge is 2.25. The van der Waals surface area contributed by atoms with Crippen LogP contribution in [0.1, 0.15) is 39.1 Å². The van der Waals surface area contributed by atoms with Crippen molar-refractivity contribution in [3.05, 3.63) is 69.2 Å². The van der Waals surface area contributed by atoms with E-state index in [0.29, 0.717) is 47.4 Å². The molecule has 1 aliphatic rings. The van der Waals surface area contributed by atoms with Crippen molar-refractivity contribution >= 4 is 40.8 Å². The van der Waals surface area contributed by atoms with Crippen LogP contribution >= 0.6 is 23.2 Å². The fourth-order valence-electron chi connectivity index (χ4n) is 3.23. The highest BCUT2D eigenvalue weighted by Crippen LogP contribution is 2.23. The summed E-state index contributed by atoms with van der Waals surface area (Å²) in [5.41, 5.74) is 2.19. The lowest BCUT2D eigenvalue weighted by Crippen LogP contribution is -2.50. The number of carbonyl (C=O) groups excluding carboxylic acids is 3. The minimum Gasteiger partial charge on any atom is -0.339 e. The van der Waals surface area contributed by atoms with Crippen molar-refractivity contribution in [3.8, 4) is 0 Å². The van der Waals surface area contributed by atoms with Gasteiger partial charge in [-0.3, -0.25) is 14.4 Å². The molecule has 0 aromatic heterocycles. The van der Waals surface area contributed by atoms with Crippen molar-refractivity contribution in [2.45, 2.75) is 19.8 Å². The molecule has 0 aliphatic carbocycles. The van der Waals surface area contributed by atoms with Crippen molar-refractivity contribution in [1.29, 1.82) is 0 Å². The topological polar surface area (TPSA) is 57.7 Å². The molecule has 0 spiro atoms. The maximum Gasteiger partial charge on any atom is 0.254 e. The molecule has 0 atom stereocenters. The van der Waals surface area contributed by atoms with E-state index in [1.807, 2.05) is 19.1 Å². The first-order valence-corrected chi connectivity index (χ1v) is 10.2. The van der Waals surface area contributed by atoms with E-state index in [2.05, 4.69) is 0 Å². The van der Waals surface area contributed by atoms with E-state index in [1.165, 1.54) is 0 Å². The number of Topliss-reactive ketones (excluding diaryl/α,β-unsaturated/α-hetero) is 1. The third-order valence-electron chi connectivity index (χ3n) is 5.03. The second-order valence-corrected chi connectivity index (χ2v) is 7.91. The minimum absolute atomic E-state index is 0.0354. The maximum atomic E-state index is 12.6. The molecular formula is C22H22Cl2N2O3. The first kappa shape index (κ1) is 21.3. The van der Waals surface area contributed by atoms with Gasteiger partial charge in [0.25, 0.3) is 5.91 Å². The molecule has 29 heavy (non-hydrogen) atoms. The monoisotopic (exact) mass is 432 g/mol. The number of ketones is 1. The van der Waals surface area contributed by atoms with Crippen LogP contribution in [0.5, 0.6) is 0 Å². The summed E-state index contributed by atoms with van der Waals surface area (Å²) >= 11 is 11.9. The average Bonchev–Trinajstić information content (AvgIpc) is 2.74. The smallest absolute Gasteiger partial charge is 0.254 e. The molecule has 0 saturated carbocycles. The molecule has 1 heterocycles. The van der Waals surface area contributed by atoms with E-state index in [4.69, 9.17) is 23.2 Å². The van der Waals surface area contributed by atoms with Crippen molar-refractivity contribution in [2.75, 3.05) is 26.2 Å². The van der Waals surface area contributed by atoms with Gasteiger partial charge < -0.3 is 9.80 Å². The summed E-state index contributed by atoms with van der Waals surface area (Å²) in [5, 5.41) is 0.739. The normalized spacial score (nSPS) is 14.0. The molecule has 0 radical (unpaired) electrons. The first-order valence-electron chi connectivity index (χ1n) is 9.47. The molecule has 3 rings (SSSR count). The Hall–Kier alpha value is -2.37. The van der Waals surface area contributed by atoms with Gasteiger partial charge in [-0.15, -0.1) is 0 Å². The maximum absolute atomic E-state index is 12.6. The van der Waals surface area contributed by atoms with Gasteiger partial charge in [-0.25, -0.2) is 0 Å². The van der Waals surface area contributed by atoms with Gasteiger partial charge in [0.05, 0.1) is 10.0 Å². The Kier molecular flexibility index (Phi) is 6.93. The number of carbonyl (C=O) groups is 3. The van der Waals surface area contributed by atoms with Gasteiger partial charge >= 0.3 is 0 Å². The van der Waals surface area contributed by atoms with Crippen LogP contribution in [0.15, 0.2) is 42.5 Å². The Morgan fingerprint density at radius 1 is 0.793 bits per heavy atom. The number of hydrogen-bond acceptors (Lipinski definition) is 3. The lowest BCUT2D eigenvalue weighted by Gasteiger charge is -2.35. The third-order valence-corrected chi connectivity index (χ3v) is 5.76. The second kappa shape index (κ2) is 9.42. The van der Waals surface area contributed by atoms with Crippen molar-refractivity contribution in [1.82, 2.24) is 9.80 Å². The van der Waals surface area contributed by atoms with Crippen molar-refractivity contribution < 1.29 is 14.4 Å². The van der Waals surface area contributed by atoms with Crippen LogP contribution in [0.3, 0.4) is 0 Å². The number of halogens is 2. The number of amides is 2. The number of aryl methyl sites for hydroxylation is 1. The van der Waals surface area contributed by atoms with Crippen LogP contribution in [0.25, 0.3) is 0 Å². The number of piperazine rings is 1. The standard InChI is InChI=1S/C22H22Cl2N2O3/c1-15-2-4-16(5-3-15)20(27)8-9-21(28)25-10-12-26(13-11-25)22(29)17-6-7-18(23)19(24)14-17/h2-7,14H,8-13H2,1H3. The number of benzene rings is 2. The summed E-state index contributed by atoms with van der Waals surface area (Å²) in [6.45, 7) is 3.74. The number of rotatable bonds is 5. The molecule has 0 N–H and O–H groups in total. The number of hydrogen-bond donors (Lipinski definition) is 0. The zero-order valence-electron chi connectivity index (χ0n) is 16.2. The summed E-state index contributed by atoms with van der Waals surface area (Å²) < 4.78 is 0. The second-order valence-electron chi connectivity index (χ2n) is 7.09. The molecule has 0 unspecified atom stereocenters. The van der Waals surface area contributed by atoms with Crippen LogP contribution in [0.2, 0.25) is 10.0 Å². The van der Waals surface area contributed by atoms with Gasteiger partial charge in [0, 0.05) is 50.1 Å². The molecule has 5 nitrogen and oxygen atoms in total. The lowest BCUT2D eigenvalue weighted by molar-refractivity contribution is -0.132. The van der Waals surface area contributed by atoms with E-state index >= 15 is 0 Å². The summed E-state index contributed by atoms with van der Waals surface area (Å²) in [6, 6.07) is 12.1. The zero-order chi connectivity index (χ0) is 21.0. The Bertz CT molecular complexity index is 920. The van der Waals surface area contributed by atoms with Crippen LogP contribution in [-0.4, -0.2) is 53.6 Å². The Morgan fingerprint density at radius 3 is 2.00 bits per heavy atom. The Morgan fingerprint density at radius 2 is 1.38 bits per heavy atom. The van der Waals surface area contributed by atoms with E-state index in [-0.39, 0.29) is 30.4 Å². The molecule has 1 fully saturated rings. The SMILES string of the molecule is Cc1ccc(C(=O)CCC(=O)N2CCN(C(=O)c3ccc(Cl)c(Cl)c3)CC2)cc1. The quantitative estimate of drug-likeness (QED) is 0.663. The van der Waals surface area contributed by atoms with Crippen LogP contribution in [0.4, 0.5) is 0 Å². The molecule has 2 aromatic carbocycles. The molecule has 1 saturated heterocycles. The highest BCUT2D eigenvalue weighted by molar-refractivity contribution is 6.42. The van der Waals surface area contributed by atoms with Crippen molar-refractivity contribution in [3.63, 3.8) is 0 Å². The minimum atomic E-state index is -0.134. The predicted octanol–water partition coefficient (Wildman–Crippen LogP) is 4.25. The molecule has 2 aromatic rings. The predicted molar refractivity (Wildman–Crippen MR) is 114 cm³/mol. The van der Waals surface area contributed by atoms with Gasteiger partial charge in [0.1, 0.15) is 0 Å². The largest absolute Gasteiger partial charge is 0.339 e. The van der Waals surface area contributed by atoms with Gasteiger partial charge in [-0.05, 0) is 25.1 Å². The van der Waals surface area contributed by atoms with Gasteiger partial charge in [0.15, 0.2) is 5.78 Å². The van der Waals surface area contributed by atoms with Crippen LogP contribution < -0.4 is 0 Å². The molecule has 1 aliphatic heterocycles. The molecule has 2 amide bonds. The lowest BCUT2D eigenvalue weighted by atomic mass is 10.0. The Balaban J connectivity index is 1.48. The van der Waals surface area contributed by atoms with E-state index in [1.54, 1.807) is 40.1 Å². The summed E-state index contributed by atoms with van der Waals surface area (Å²) in [7, 11) is 0. The van der Waals surface area contributed by atoms with Crippen LogP contribution in [-0.2, 0) is 4.79 Å². The van der Waals surface area contributed by atoms with Gasteiger partial charge in [0.2, 0.25) is 5.91 Å². The molecule has 152 valence electrons. The van der Waals surface area contributed by atoms with Crippen molar-refractivity contribution in [2.24, 2.45) is 0 Å². The molecule has 7 heteroatoms. The number of nitrogens with zero attached hydrogens (tertiary/aromatic N) is 2. The van der Waals surface area contributed by atoms with E-state index in [9.17, 15) is 14.4 Å². The Labute approximate surface area is 180 Å². The zero-order valence-corrected chi connectivity index (χ0v) is 17.7. The fourth-order valence-corrected chi connectivity index (χ4v) is 3.53. The van der Waals surface area contributed by atoms with Gasteiger partial charge in [-0.2, -0.15) is 0 Å². The summed E-state index contributed by atoms with van der Waals surface area (Å²) in [4.78, 5) is 40.7. The summed E-state index contributed by atoms with van der Waals surface area (Å²) in [6.07, 6.45) is 0.359. The van der Waals surface area contributed by atoms with Gasteiger partial charge in [-0.1, -0.05) is 53.0 Å². The van der Waals surface area contributed by atoms with E-state index < -0.39 is 0 Å². The summed E-state index contributed by atoms with van der Waals surface area (Å²) in [5.74, 6) is -0.232. The van der Waals surface area contributed by atoms with E-state index in [0.717, 1.165) is 5.56 Å². The molecular weight excluding hydrogens is 411 g/mol. The third kappa shape index (κ3) is 5.37. The highest BCUT2D eigenvalue weighted by atomic mass is 35.5. The molecule has 0 bridgehead atoms. The van der Waals surface area contributed by atoms with Crippen LogP contribution in [0, 0.1) is 6.92 Å².